The molecule has 0 radical (unpaired) electrons. The normalized spacial score (nSPS) is 11.0. The van der Waals surface area contributed by atoms with Gasteiger partial charge in [0.05, 0.1) is 17.6 Å². The van der Waals surface area contributed by atoms with E-state index in [0.717, 1.165) is 11.3 Å². The van der Waals surface area contributed by atoms with E-state index in [9.17, 15) is 4.79 Å². The van der Waals surface area contributed by atoms with Crippen LogP contribution in [0.5, 0.6) is 0 Å². The van der Waals surface area contributed by atoms with Crippen molar-refractivity contribution < 1.29 is 0 Å². The standard InChI is InChI=1S/C17H12N4OS/c22-17-14-10-19-15(12-6-2-1-3-7-12)20-16(14)23-21(17)11-13-8-4-5-9-18-13/h1-10H,11H2. The summed E-state index contributed by atoms with van der Waals surface area (Å²) in [5.74, 6) is 0.629. The predicted octanol–water partition coefficient (Wildman–Crippen LogP) is 2.96. The van der Waals surface area contributed by atoms with Gasteiger partial charge in [0.1, 0.15) is 4.83 Å². The van der Waals surface area contributed by atoms with E-state index in [0.29, 0.717) is 22.6 Å². The fourth-order valence-corrected chi connectivity index (χ4v) is 3.28. The van der Waals surface area contributed by atoms with Gasteiger partial charge < -0.3 is 0 Å². The minimum Gasteiger partial charge on any atom is -0.268 e. The number of nitrogens with zero attached hydrogens (tertiary/aromatic N) is 4. The van der Waals surface area contributed by atoms with Gasteiger partial charge in [0.15, 0.2) is 5.82 Å². The van der Waals surface area contributed by atoms with E-state index < -0.39 is 0 Å². The molecule has 4 rings (SSSR count). The fourth-order valence-electron chi connectivity index (χ4n) is 2.33. The highest BCUT2D eigenvalue weighted by atomic mass is 32.1. The van der Waals surface area contributed by atoms with Crippen molar-refractivity contribution in [1.82, 2.24) is 18.9 Å². The number of rotatable bonds is 3. The lowest BCUT2D eigenvalue weighted by atomic mass is 10.2. The van der Waals surface area contributed by atoms with Gasteiger partial charge in [0, 0.05) is 18.0 Å². The summed E-state index contributed by atoms with van der Waals surface area (Å²) in [6.07, 6.45) is 3.33. The SMILES string of the molecule is O=c1c2cnc(-c3ccccc3)nc2sn1Cc1ccccn1. The molecular formula is C17H12N4OS. The maximum absolute atomic E-state index is 12.4. The zero-order valence-electron chi connectivity index (χ0n) is 12.1. The Morgan fingerprint density at radius 2 is 1.83 bits per heavy atom. The van der Waals surface area contributed by atoms with Crippen LogP contribution in [0.25, 0.3) is 21.6 Å². The molecule has 0 bridgehead atoms. The molecule has 4 aromatic rings. The third kappa shape index (κ3) is 2.64. The van der Waals surface area contributed by atoms with Crippen molar-refractivity contribution in [2.24, 2.45) is 0 Å². The lowest BCUT2D eigenvalue weighted by Gasteiger charge is -1.98. The zero-order valence-corrected chi connectivity index (χ0v) is 12.9. The molecule has 0 amide bonds. The van der Waals surface area contributed by atoms with Gasteiger partial charge in [-0.3, -0.25) is 13.7 Å². The highest BCUT2D eigenvalue weighted by Crippen LogP contribution is 2.19. The van der Waals surface area contributed by atoms with Crippen LogP contribution in [-0.4, -0.2) is 18.9 Å². The molecular weight excluding hydrogens is 308 g/mol. The van der Waals surface area contributed by atoms with E-state index in [-0.39, 0.29) is 5.56 Å². The van der Waals surface area contributed by atoms with E-state index >= 15 is 0 Å². The van der Waals surface area contributed by atoms with Crippen molar-refractivity contribution in [3.05, 3.63) is 77.0 Å². The van der Waals surface area contributed by atoms with E-state index in [1.807, 2.05) is 48.5 Å². The minimum atomic E-state index is -0.0738. The molecule has 0 saturated carbocycles. The number of pyridine rings is 1. The highest BCUT2D eigenvalue weighted by molar-refractivity contribution is 7.13. The molecule has 0 unspecified atom stereocenters. The summed E-state index contributed by atoms with van der Waals surface area (Å²) >= 11 is 1.34. The Morgan fingerprint density at radius 3 is 2.61 bits per heavy atom. The number of benzene rings is 1. The van der Waals surface area contributed by atoms with E-state index in [2.05, 4.69) is 15.0 Å². The second-order valence-corrected chi connectivity index (χ2v) is 6.04. The van der Waals surface area contributed by atoms with Crippen molar-refractivity contribution >= 4 is 21.7 Å². The first-order valence-electron chi connectivity index (χ1n) is 7.13. The van der Waals surface area contributed by atoms with E-state index in [1.54, 1.807) is 16.4 Å². The summed E-state index contributed by atoms with van der Waals surface area (Å²) < 4.78 is 1.66. The number of hydrogen-bond acceptors (Lipinski definition) is 5. The topological polar surface area (TPSA) is 60.7 Å². The van der Waals surface area contributed by atoms with Crippen molar-refractivity contribution in [3.63, 3.8) is 0 Å². The molecule has 5 nitrogen and oxygen atoms in total. The Balaban J connectivity index is 1.77. The largest absolute Gasteiger partial charge is 0.272 e. The quantitative estimate of drug-likeness (QED) is 0.582. The molecule has 0 aliphatic carbocycles. The summed E-state index contributed by atoms with van der Waals surface area (Å²) in [5, 5.41) is 0.547. The summed E-state index contributed by atoms with van der Waals surface area (Å²) in [6, 6.07) is 15.4. The van der Waals surface area contributed by atoms with Gasteiger partial charge in [-0.1, -0.05) is 36.4 Å². The molecule has 0 aliphatic rings. The van der Waals surface area contributed by atoms with Crippen LogP contribution in [0.1, 0.15) is 5.69 Å². The van der Waals surface area contributed by atoms with Crippen LogP contribution >= 0.6 is 11.5 Å². The molecule has 112 valence electrons. The molecule has 23 heavy (non-hydrogen) atoms. The lowest BCUT2D eigenvalue weighted by Crippen LogP contribution is -2.14. The van der Waals surface area contributed by atoms with Crippen LogP contribution in [0.4, 0.5) is 0 Å². The van der Waals surface area contributed by atoms with Crippen molar-refractivity contribution in [3.8, 4) is 11.4 Å². The molecule has 6 heteroatoms. The van der Waals surface area contributed by atoms with E-state index in [4.69, 9.17) is 0 Å². The Hall–Kier alpha value is -2.86. The fraction of sp³-hybridized carbons (Fsp3) is 0.0588. The zero-order chi connectivity index (χ0) is 15.6. The summed E-state index contributed by atoms with van der Waals surface area (Å²) in [6.45, 7) is 0.446. The van der Waals surface area contributed by atoms with E-state index in [1.165, 1.54) is 11.5 Å². The average molecular weight is 320 g/mol. The third-order valence-electron chi connectivity index (χ3n) is 3.47. The van der Waals surface area contributed by atoms with Gasteiger partial charge in [-0.05, 0) is 23.7 Å². The summed E-state index contributed by atoms with van der Waals surface area (Å²) in [7, 11) is 0. The second kappa shape index (κ2) is 5.73. The maximum Gasteiger partial charge on any atom is 0.272 e. The molecule has 0 N–H and O–H groups in total. The van der Waals surface area contributed by atoms with Crippen LogP contribution in [0.15, 0.2) is 65.7 Å². The first-order valence-corrected chi connectivity index (χ1v) is 7.91. The molecule has 1 aromatic carbocycles. The minimum absolute atomic E-state index is 0.0738. The molecule has 0 saturated heterocycles. The molecule has 0 fully saturated rings. The number of aromatic nitrogens is 4. The lowest BCUT2D eigenvalue weighted by molar-refractivity contribution is 0.823. The molecule has 0 atom stereocenters. The number of hydrogen-bond donors (Lipinski definition) is 0. The summed E-state index contributed by atoms with van der Waals surface area (Å²) in [4.78, 5) is 26.3. The van der Waals surface area contributed by atoms with Crippen LogP contribution in [0, 0.1) is 0 Å². The Bertz CT molecular complexity index is 1010. The summed E-state index contributed by atoms with van der Waals surface area (Å²) in [5.41, 5.74) is 1.71. The van der Waals surface area contributed by atoms with Crippen molar-refractivity contribution in [2.45, 2.75) is 6.54 Å². The average Bonchev–Trinajstić information content (AvgIpc) is 2.92. The first kappa shape index (κ1) is 13.8. The van der Waals surface area contributed by atoms with Gasteiger partial charge in [0.25, 0.3) is 5.56 Å². The smallest absolute Gasteiger partial charge is 0.268 e. The van der Waals surface area contributed by atoms with Gasteiger partial charge in [-0.25, -0.2) is 9.97 Å². The highest BCUT2D eigenvalue weighted by Gasteiger charge is 2.12. The van der Waals surface area contributed by atoms with Gasteiger partial charge in [-0.2, -0.15) is 0 Å². The maximum atomic E-state index is 12.4. The Morgan fingerprint density at radius 1 is 1.00 bits per heavy atom. The van der Waals surface area contributed by atoms with Crippen LogP contribution in [-0.2, 0) is 6.54 Å². The Kier molecular flexibility index (Phi) is 3.44. The molecule has 0 aliphatic heterocycles. The van der Waals surface area contributed by atoms with Crippen LogP contribution < -0.4 is 5.56 Å². The van der Waals surface area contributed by atoms with Gasteiger partial charge in [0.2, 0.25) is 0 Å². The molecule has 3 aromatic heterocycles. The second-order valence-electron chi connectivity index (χ2n) is 5.03. The van der Waals surface area contributed by atoms with Crippen LogP contribution in [0.3, 0.4) is 0 Å². The molecule has 3 heterocycles. The Labute approximate surface area is 136 Å². The molecule has 0 spiro atoms. The third-order valence-corrected chi connectivity index (χ3v) is 4.47. The van der Waals surface area contributed by atoms with Crippen molar-refractivity contribution in [2.75, 3.05) is 0 Å². The number of fused-ring (bicyclic) bond motifs is 1. The van der Waals surface area contributed by atoms with Gasteiger partial charge >= 0.3 is 0 Å². The van der Waals surface area contributed by atoms with Crippen LogP contribution in [0.2, 0.25) is 0 Å². The monoisotopic (exact) mass is 320 g/mol. The first-order chi connectivity index (χ1) is 11.3. The van der Waals surface area contributed by atoms with Gasteiger partial charge in [-0.15, -0.1) is 0 Å². The predicted molar refractivity (Wildman–Crippen MR) is 90.5 cm³/mol. The van der Waals surface area contributed by atoms with Crippen molar-refractivity contribution in [1.29, 1.82) is 0 Å².